The van der Waals surface area contributed by atoms with E-state index in [-0.39, 0.29) is 11.3 Å². The van der Waals surface area contributed by atoms with E-state index in [1.807, 2.05) is 0 Å². The highest BCUT2D eigenvalue weighted by molar-refractivity contribution is 6.20. The zero-order valence-corrected chi connectivity index (χ0v) is 11.1. The summed E-state index contributed by atoms with van der Waals surface area (Å²) < 4.78 is 29.0. The van der Waals surface area contributed by atoms with Crippen molar-refractivity contribution in [3.05, 3.63) is 48.4 Å². The third-order valence-corrected chi connectivity index (χ3v) is 2.29. The number of carbonyl (C=O) groups excluding carboxylic acids is 1. The van der Waals surface area contributed by atoms with E-state index in [0.29, 0.717) is 5.82 Å². The molecule has 2 aromatic rings. The van der Waals surface area contributed by atoms with Crippen LogP contribution in [0.15, 0.2) is 42.9 Å². The number of amides is 1. The van der Waals surface area contributed by atoms with Gasteiger partial charge in [-0.05, 0) is 24.3 Å². The Bertz CT molecular complexity index is 605. The monoisotopic (exact) mass is 314 g/mol. The van der Waals surface area contributed by atoms with Crippen LogP contribution in [0, 0.1) is 0 Å². The molecule has 0 aliphatic carbocycles. The second kappa shape index (κ2) is 6.31. The third kappa shape index (κ3) is 4.84. The molecular formula is C12H9ClF2N4O2. The normalized spacial score (nSPS) is 10.8. The van der Waals surface area contributed by atoms with Crippen LogP contribution in [0.2, 0.25) is 0 Å². The lowest BCUT2D eigenvalue weighted by Crippen LogP contribution is -2.29. The van der Waals surface area contributed by atoms with Crippen molar-refractivity contribution in [2.45, 2.75) is 5.57 Å². The molecule has 0 saturated heterocycles. The molecule has 0 unspecified atom stereocenters. The van der Waals surface area contributed by atoms with Gasteiger partial charge in [0.05, 0.1) is 6.20 Å². The maximum Gasteiger partial charge on any atom is 0.487 e. The van der Waals surface area contributed by atoms with E-state index in [1.165, 1.54) is 42.9 Å². The van der Waals surface area contributed by atoms with Gasteiger partial charge in [-0.3, -0.25) is 20.6 Å². The molecule has 6 nitrogen and oxygen atoms in total. The fourth-order valence-corrected chi connectivity index (χ4v) is 1.45. The fourth-order valence-electron chi connectivity index (χ4n) is 1.36. The lowest BCUT2D eigenvalue weighted by Gasteiger charge is -2.11. The summed E-state index contributed by atoms with van der Waals surface area (Å²) in [6.45, 7) is 0. The van der Waals surface area contributed by atoms with Gasteiger partial charge in [-0.15, -0.1) is 8.78 Å². The van der Waals surface area contributed by atoms with Crippen molar-refractivity contribution in [3.63, 3.8) is 0 Å². The third-order valence-electron chi connectivity index (χ3n) is 2.22. The molecule has 1 heterocycles. The van der Waals surface area contributed by atoms with E-state index in [9.17, 15) is 13.6 Å². The van der Waals surface area contributed by atoms with Gasteiger partial charge in [0, 0.05) is 29.6 Å². The summed E-state index contributed by atoms with van der Waals surface area (Å²) in [5, 5.41) is 0. The van der Waals surface area contributed by atoms with Crippen LogP contribution < -0.4 is 15.6 Å². The highest BCUT2D eigenvalue weighted by Crippen LogP contribution is 2.24. The molecule has 21 heavy (non-hydrogen) atoms. The van der Waals surface area contributed by atoms with E-state index in [0.717, 1.165) is 0 Å². The van der Waals surface area contributed by atoms with Crippen molar-refractivity contribution in [1.29, 1.82) is 0 Å². The number of hydrazine groups is 1. The van der Waals surface area contributed by atoms with Crippen LogP contribution in [-0.4, -0.2) is 21.4 Å². The van der Waals surface area contributed by atoms with E-state index >= 15 is 0 Å². The molecule has 0 saturated carbocycles. The minimum Gasteiger partial charge on any atom is -0.420 e. The van der Waals surface area contributed by atoms with Gasteiger partial charge in [0.25, 0.3) is 5.91 Å². The molecule has 0 radical (unpaired) electrons. The summed E-state index contributed by atoms with van der Waals surface area (Å²) in [4.78, 5) is 19.5. The Morgan fingerprint density at radius 3 is 2.52 bits per heavy atom. The number of rotatable bonds is 5. The zero-order valence-electron chi connectivity index (χ0n) is 10.4. The number of hydrogen-bond acceptors (Lipinski definition) is 5. The van der Waals surface area contributed by atoms with Gasteiger partial charge in [-0.2, -0.15) is 0 Å². The predicted molar refractivity (Wildman–Crippen MR) is 71.0 cm³/mol. The summed E-state index contributed by atoms with van der Waals surface area (Å²) >= 11 is 4.63. The van der Waals surface area contributed by atoms with Crippen LogP contribution in [0.5, 0.6) is 5.75 Å². The molecule has 1 amide bonds. The number of anilines is 1. The van der Waals surface area contributed by atoms with Crippen LogP contribution in [0.1, 0.15) is 10.4 Å². The first-order valence-corrected chi connectivity index (χ1v) is 6.00. The van der Waals surface area contributed by atoms with Crippen LogP contribution in [0.3, 0.4) is 0 Å². The summed E-state index contributed by atoms with van der Waals surface area (Å²) in [6, 6.07) is 5.03. The smallest absolute Gasteiger partial charge is 0.420 e. The van der Waals surface area contributed by atoms with Crippen LogP contribution >= 0.6 is 11.6 Å². The number of carbonyl (C=O) groups is 1. The predicted octanol–water partition coefficient (Wildman–Crippen LogP) is 2.40. The Kier molecular flexibility index (Phi) is 4.49. The summed E-state index contributed by atoms with van der Waals surface area (Å²) in [7, 11) is 0. The molecule has 0 aliphatic rings. The van der Waals surface area contributed by atoms with Gasteiger partial charge in [0.1, 0.15) is 5.75 Å². The number of nitrogens with one attached hydrogen (secondary N) is 2. The van der Waals surface area contributed by atoms with Crippen LogP contribution in [0.25, 0.3) is 0 Å². The van der Waals surface area contributed by atoms with Gasteiger partial charge >= 0.3 is 5.57 Å². The first kappa shape index (κ1) is 14.9. The molecule has 0 spiro atoms. The molecule has 0 fully saturated rings. The zero-order chi connectivity index (χ0) is 15.3. The minimum atomic E-state index is -3.79. The van der Waals surface area contributed by atoms with Crippen molar-refractivity contribution in [1.82, 2.24) is 15.4 Å². The first-order valence-electron chi connectivity index (χ1n) is 5.62. The van der Waals surface area contributed by atoms with Gasteiger partial charge in [-0.1, -0.05) is 0 Å². The molecular weight excluding hydrogens is 306 g/mol. The van der Waals surface area contributed by atoms with Gasteiger partial charge < -0.3 is 4.74 Å². The molecule has 9 heteroatoms. The lowest BCUT2D eigenvalue weighted by atomic mass is 10.2. The van der Waals surface area contributed by atoms with Gasteiger partial charge in [0.15, 0.2) is 5.82 Å². The first-order chi connectivity index (χ1) is 9.94. The van der Waals surface area contributed by atoms with Crippen molar-refractivity contribution >= 4 is 23.3 Å². The lowest BCUT2D eigenvalue weighted by molar-refractivity contribution is -0.0964. The Hall–Kier alpha value is -2.48. The average Bonchev–Trinajstić information content (AvgIpc) is 2.45. The number of hydrogen-bond donors (Lipinski definition) is 2. The second-order valence-corrected chi connectivity index (χ2v) is 4.18. The topological polar surface area (TPSA) is 76.1 Å². The number of alkyl halides is 3. The van der Waals surface area contributed by atoms with Crippen LogP contribution in [-0.2, 0) is 0 Å². The standard InChI is InChI=1S/C12H9ClF2N4O2/c13-12(14,15)21-9-3-1-8(2-4-9)11(20)19-18-10-7-16-5-6-17-10/h1-7H,(H,17,18)(H,19,20). The molecule has 110 valence electrons. The van der Waals surface area contributed by atoms with Crippen LogP contribution in [0.4, 0.5) is 14.6 Å². The van der Waals surface area contributed by atoms with Crippen molar-refractivity contribution in [2.75, 3.05) is 5.43 Å². The minimum absolute atomic E-state index is 0.159. The highest BCUT2D eigenvalue weighted by atomic mass is 35.5. The number of aromatic nitrogens is 2. The van der Waals surface area contributed by atoms with Crippen molar-refractivity contribution in [3.8, 4) is 5.75 Å². The summed E-state index contributed by atoms with van der Waals surface area (Å²) in [6.07, 6.45) is 4.35. The second-order valence-electron chi connectivity index (χ2n) is 3.74. The average molecular weight is 315 g/mol. The van der Waals surface area contributed by atoms with E-state index in [4.69, 9.17) is 0 Å². The van der Waals surface area contributed by atoms with E-state index in [1.54, 1.807) is 0 Å². The Morgan fingerprint density at radius 1 is 1.24 bits per heavy atom. The molecule has 0 aliphatic heterocycles. The van der Waals surface area contributed by atoms with Crippen molar-refractivity contribution in [2.24, 2.45) is 0 Å². The molecule has 0 atom stereocenters. The molecule has 2 N–H and O–H groups in total. The van der Waals surface area contributed by atoms with Gasteiger partial charge in [0.2, 0.25) is 0 Å². The fraction of sp³-hybridized carbons (Fsp3) is 0.0833. The number of benzene rings is 1. The Morgan fingerprint density at radius 2 is 1.95 bits per heavy atom. The molecule has 2 rings (SSSR count). The molecule has 0 bridgehead atoms. The number of halogens is 3. The molecule has 1 aromatic carbocycles. The van der Waals surface area contributed by atoms with E-state index < -0.39 is 11.5 Å². The summed E-state index contributed by atoms with van der Waals surface area (Å²) in [5.41, 5.74) is 1.37. The summed E-state index contributed by atoms with van der Waals surface area (Å²) in [5.74, 6) is -0.286. The Labute approximate surface area is 123 Å². The van der Waals surface area contributed by atoms with Gasteiger partial charge in [-0.25, -0.2) is 4.98 Å². The largest absolute Gasteiger partial charge is 0.487 e. The number of nitrogens with zero attached hydrogens (tertiary/aromatic N) is 2. The Balaban J connectivity index is 1.94. The molecule has 1 aromatic heterocycles. The SMILES string of the molecule is O=C(NNc1cnccn1)c1ccc(OC(F)(F)Cl)cc1. The maximum absolute atomic E-state index is 12.4. The quantitative estimate of drug-likeness (QED) is 0.654. The van der Waals surface area contributed by atoms with E-state index in [2.05, 4.69) is 37.2 Å². The van der Waals surface area contributed by atoms with Crippen molar-refractivity contribution < 1.29 is 18.3 Å². The number of ether oxygens (including phenoxy) is 1. The maximum atomic E-state index is 12.4. The highest BCUT2D eigenvalue weighted by Gasteiger charge is 2.27.